The maximum atomic E-state index is 12.4. The van der Waals surface area contributed by atoms with Gasteiger partial charge in [-0.2, -0.15) is 13.2 Å². The van der Waals surface area contributed by atoms with Crippen molar-refractivity contribution in [1.29, 1.82) is 0 Å². The van der Waals surface area contributed by atoms with Crippen LogP contribution in [0.2, 0.25) is 0 Å². The highest BCUT2D eigenvalue weighted by Crippen LogP contribution is 2.24. The Hall–Kier alpha value is -3.31. The molecule has 2 rings (SSSR count). The van der Waals surface area contributed by atoms with Crippen LogP contribution in [-0.4, -0.2) is 38.7 Å². The largest absolute Gasteiger partial charge is 0.476 e. The maximum Gasteiger partial charge on any atom is 0.389 e. The average Bonchev–Trinajstić information content (AvgIpc) is 2.74. The number of hydrogen-bond acceptors (Lipinski definition) is 7. The second-order valence-corrected chi connectivity index (χ2v) is 8.06. The summed E-state index contributed by atoms with van der Waals surface area (Å²) in [5, 5.41) is 3.83. The van der Waals surface area contributed by atoms with Crippen molar-refractivity contribution in [2.45, 2.75) is 65.0 Å². The van der Waals surface area contributed by atoms with Gasteiger partial charge in [-0.1, -0.05) is 12.1 Å². The normalized spacial score (nSPS) is 12.8. The molecule has 0 fully saturated rings. The third-order valence-corrected chi connectivity index (χ3v) is 4.81. The van der Waals surface area contributed by atoms with Crippen molar-refractivity contribution in [1.82, 2.24) is 14.3 Å². The van der Waals surface area contributed by atoms with E-state index < -0.39 is 47.4 Å². The van der Waals surface area contributed by atoms with Gasteiger partial charge in [0, 0.05) is 20.0 Å². The van der Waals surface area contributed by atoms with Gasteiger partial charge in [0.1, 0.15) is 11.9 Å². The van der Waals surface area contributed by atoms with Gasteiger partial charge >= 0.3 is 23.4 Å². The van der Waals surface area contributed by atoms with Crippen molar-refractivity contribution in [3.05, 3.63) is 50.7 Å². The summed E-state index contributed by atoms with van der Waals surface area (Å²) in [4.78, 5) is 36.5. The average molecular weight is 487 g/mol. The minimum atomic E-state index is -4.36. The molecular formula is C22H28F3N3O6. The van der Waals surface area contributed by atoms with Crippen LogP contribution in [0.15, 0.2) is 33.9 Å². The Balaban J connectivity index is 2.15. The van der Waals surface area contributed by atoms with Crippen LogP contribution in [0.3, 0.4) is 0 Å². The van der Waals surface area contributed by atoms with E-state index in [1.807, 2.05) is 0 Å². The molecule has 2 aromatic rings. The van der Waals surface area contributed by atoms with Crippen LogP contribution in [0.1, 0.15) is 52.2 Å². The van der Waals surface area contributed by atoms with E-state index in [-0.39, 0.29) is 19.6 Å². The van der Waals surface area contributed by atoms with Crippen molar-refractivity contribution >= 4 is 5.97 Å². The SMILES string of the molecule is CCOC(=O)C(C)(C)Oc1ccc(C(C)Oc2nn(CCCC(F)(F)F)c(=O)n(C)c2=O)cc1. The molecule has 0 aliphatic heterocycles. The Labute approximate surface area is 194 Å². The maximum absolute atomic E-state index is 12.4. The molecule has 188 valence electrons. The lowest BCUT2D eigenvalue weighted by Gasteiger charge is -2.24. The summed E-state index contributed by atoms with van der Waals surface area (Å²) in [5.41, 5.74) is -2.21. The van der Waals surface area contributed by atoms with E-state index in [0.717, 1.165) is 9.25 Å². The molecule has 0 amide bonds. The third kappa shape index (κ3) is 7.09. The van der Waals surface area contributed by atoms with Gasteiger partial charge in [0.15, 0.2) is 5.60 Å². The van der Waals surface area contributed by atoms with E-state index in [1.165, 1.54) is 7.05 Å². The second-order valence-electron chi connectivity index (χ2n) is 8.06. The van der Waals surface area contributed by atoms with Crippen molar-refractivity contribution in [2.24, 2.45) is 7.05 Å². The van der Waals surface area contributed by atoms with Gasteiger partial charge in [-0.25, -0.2) is 14.3 Å². The number of esters is 1. The quantitative estimate of drug-likeness (QED) is 0.475. The number of alkyl halides is 3. The Morgan fingerprint density at radius 1 is 1.15 bits per heavy atom. The number of halogens is 3. The molecule has 1 aromatic carbocycles. The van der Waals surface area contributed by atoms with Gasteiger partial charge in [0.05, 0.1) is 6.61 Å². The Kier molecular flexibility index (Phi) is 8.51. The van der Waals surface area contributed by atoms with Crippen molar-refractivity contribution in [3.63, 3.8) is 0 Å². The zero-order chi connectivity index (χ0) is 25.7. The lowest BCUT2D eigenvalue weighted by atomic mass is 10.1. The molecule has 0 aliphatic carbocycles. The molecule has 34 heavy (non-hydrogen) atoms. The zero-order valence-electron chi connectivity index (χ0n) is 19.6. The van der Waals surface area contributed by atoms with Crippen molar-refractivity contribution < 1.29 is 32.2 Å². The fourth-order valence-corrected chi connectivity index (χ4v) is 2.93. The minimum absolute atomic E-state index is 0.225. The molecule has 0 radical (unpaired) electrons. The number of carbonyl (C=O) groups is 1. The van der Waals surface area contributed by atoms with E-state index in [0.29, 0.717) is 11.3 Å². The molecular weight excluding hydrogens is 459 g/mol. The second kappa shape index (κ2) is 10.7. The first-order chi connectivity index (χ1) is 15.7. The van der Waals surface area contributed by atoms with Crippen LogP contribution < -0.4 is 20.7 Å². The lowest BCUT2D eigenvalue weighted by Crippen LogP contribution is -2.40. The summed E-state index contributed by atoms with van der Waals surface area (Å²) < 4.78 is 55.1. The number of aryl methyl sites for hydroxylation is 1. The molecule has 0 aliphatic rings. The number of carbonyl (C=O) groups excluding carboxylic acids is 1. The van der Waals surface area contributed by atoms with Crippen LogP contribution in [0.25, 0.3) is 0 Å². The molecule has 1 atom stereocenters. The highest BCUT2D eigenvalue weighted by molar-refractivity contribution is 5.79. The monoisotopic (exact) mass is 487 g/mol. The van der Waals surface area contributed by atoms with Gasteiger partial charge in [-0.3, -0.25) is 9.36 Å². The van der Waals surface area contributed by atoms with Crippen LogP contribution >= 0.6 is 0 Å². The molecule has 1 aromatic heterocycles. The molecule has 9 nitrogen and oxygen atoms in total. The van der Waals surface area contributed by atoms with E-state index >= 15 is 0 Å². The Bertz CT molecular complexity index is 1110. The van der Waals surface area contributed by atoms with E-state index in [2.05, 4.69) is 5.10 Å². The number of rotatable bonds is 10. The predicted molar refractivity (Wildman–Crippen MR) is 116 cm³/mol. The van der Waals surface area contributed by atoms with Crippen LogP contribution in [0.5, 0.6) is 11.6 Å². The van der Waals surface area contributed by atoms with E-state index in [1.54, 1.807) is 52.0 Å². The summed E-state index contributed by atoms with van der Waals surface area (Å²) >= 11 is 0. The standard InChI is InChI=1S/C22H28F3N3O6/c1-6-32-19(30)21(3,4)34-16-10-8-15(9-11-16)14(2)33-17-18(29)27(5)20(31)28(26-17)13-7-12-22(23,24)25/h8-11,14H,6-7,12-13H2,1-5H3. The fourth-order valence-electron chi connectivity index (χ4n) is 2.93. The summed E-state index contributed by atoms with van der Waals surface area (Å²) in [6.45, 7) is 6.40. The summed E-state index contributed by atoms with van der Waals surface area (Å²) in [5.74, 6) is -0.519. The van der Waals surface area contributed by atoms with Crippen molar-refractivity contribution in [2.75, 3.05) is 6.61 Å². The van der Waals surface area contributed by atoms with Crippen molar-refractivity contribution in [3.8, 4) is 11.6 Å². The lowest BCUT2D eigenvalue weighted by molar-refractivity contribution is -0.158. The molecule has 0 N–H and O–H groups in total. The Morgan fingerprint density at radius 2 is 1.76 bits per heavy atom. The van der Waals surface area contributed by atoms with Crippen LogP contribution in [0.4, 0.5) is 13.2 Å². The van der Waals surface area contributed by atoms with E-state index in [9.17, 15) is 27.6 Å². The molecule has 0 bridgehead atoms. The molecule has 1 unspecified atom stereocenters. The van der Waals surface area contributed by atoms with Gasteiger partial charge in [-0.05, 0) is 51.8 Å². The first-order valence-corrected chi connectivity index (χ1v) is 10.6. The highest BCUT2D eigenvalue weighted by Gasteiger charge is 2.31. The number of nitrogens with zero attached hydrogens (tertiary/aromatic N) is 3. The first-order valence-electron chi connectivity index (χ1n) is 10.6. The molecule has 1 heterocycles. The zero-order valence-corrected chi connectivity index (χ0v) is 19.6. The Morgan fingerprint density at radius 3 is 2.32 bits per heavy atom. The smallest absolute Gasteiger partial charge is 0.389 e. The number of hydrogen-bond donors (Lipinski definition) is 0. The summed E-state index contributed by atoms with van der Waals surface area (Å²) in [7, 11) is 1.20. The predicted octanol–water partition coefficient (Wildman–Crippen LogP) is 3.15. The van der Waals surface area contributed by atoms with Crippen LogP contribution in [-0.2, 0) is 23.1 Å². The topological polar surface area (TPSA) is 102 Å². The van der Waals surface area contributed by atoms with Gasteiger partial charge in [0.25, 0.3) is 5.88 Å². The molecule has 0 spiro atoms. The summed E-state index contributed by atoms with van der Waals surface area (Å²) in [6.07, 6.45) is -6.50. The van der Waals surface area contributed by atoms with E-state index in [4.69, 9.17) is 14.2 Å². The van der Waals surface area contributed by atoms with Gasteiger partial charge < -0.3 is 14.2 Å². The highest BCUT2D eigenvalue weighted by atomic mass is 19.4. The first kappa shape index (κ1) is 26.9. The van der Waals surface area contributed by atoms with Gasteiger partial charge in [-0.15, -0.1) is 5.10 Å². The third-order valence-electron chi connectivity index (χ3n) is 4.81. The number of aromatic nitrogens is 3. The number of ether oxygens (including phenoxy) is 3. The summed E-state index contributed by atoms with van der Waals surface area (Å²) in [6, 6.07) is 6.54. The molecule has 0 saturated carbocycles. The van der Waals surface area contributed by atoms with Gasteiger partial charge in [0.2, 0.25) is 0 Å². The van der Waals surface area contributed by atoms with Crippen LogP contribution in [0, 0.1) is 0 Å². The molecule has 12 heteroatoms. The number of benzene rings is 1. The minimum Gasteiger partial charge on any atom is -0.476 e. The molecule has 0 saturated heterocycles. The fraction of sp³-hybridized carbons (Fsp3) is 0.545.